The smallest absolute Gasteiger partial charge is 0.318 e. The highest BCUT2D eigenvalue weighted by atomic mass is 16.4. The maximum atomic E-state index is 11.2. The molecule has 0 heterocycles. The third-order valence-electron chi connectivity index (χ3n) is 5.12. The summed E-state index contributed by atoms with van der Waals surface area (Å²) in [5.74, 6) is -7.75. The zero-order valence-corrected chi connectivity index (χ0v) is 16.8. The van der Waals surface area contributed by atoms with Crippen LogP contribution in [0.5, 0.6) is 0 Å². The van der Waals surface area contributed by atoms with Crippen molar-refractivity contribution in [3.63, 3.8) is 0 Å². The molecule has 6 heteroatoms. The maximum Gasteiger partial charge on any atom is 0.318 e. The minimum Gasteiger partial charge on any atom is -0.481 e. The second kappa shape index (κ2) is 16.6. The first-order valence-corrected chi connectivity index (χ1v) is 10.6. The summed E-state index contributed by atoms with van der Waals surface area (Å²) in [6, 6.07) is 0. The van der Waals surface area contributed by atoms with Crippen molar-refractivity contribution in [3.8, 4) is 0 Å². The van der Waals surface area contributed by atoms with Crippen molar-refractivity contribution >= 4 is 17.9 Å². The van der Waals surface area contributed by atoms with Crippen molar-refractivity contribution in [1.82, 2.24) is 0 Å². The van der Waals surface area contributed by atoms with Crippen LogP contribution >= 0.6 is 0 Å². The van der Waals surface area contributed by atoms with Gasteiger partial charge >= 0.3 is 17.9 Å². The fourth-order valence-electron chi connectivity index (χ4n) is 3.44. The van der Waals surface area contributed by atoms with E-state index in [4.69, 9.17) is 15.3 Å². The van der Waals surface area contributed by atoms with Crippen LogP contribution in [0.25, 0.3) is 0 Å². The van der Waals surface area contributed by atoms with Crippen LogP contribution in [-0.4, -0.2) is 33.2 Å². The number of carbonyl (C=O) groups is 3. The number of hydrogen-bond donors (Lipinski definition) is 3. The van der Waals surface area contributed by atoms with Crippen molar-refractivity contribution in [3.05, 3.63) is 0 Å². The topological polar surface area (TPSA) is 112 Å². The van der Waals surface area contributed by atoms with E-state index >= 15 is 0 Å². The van der Waals surface area contributed by atoms with E-state index in [1.165, 1.54) is 64.2 Å². The monoisotopic (exact) mass is 386 g/mol. The number of carboxylic acid groups (broad SMARTS) is 3. The zero-order valence-electron chi connectivity index (χ0n) is 16.8. The lowest BCUT2D eigenvalue weighted by Gasteiger charge is -2.16. The molecule has 0 aliphatic rings. The first-order chi connectivity index (χ1) is 12.9. The van der Waals surface area contributed by atoms with Crippen molar-refractivity contribution in [2.24, 2.45) is 11.8 Å². The maximum absolute atomic E-state index is 11.2. The molecule has 0 aromatic rings. The highest BCUT2D eigenvalue weighted by molar-refractivity contribution is 5.97. The van der Waals surface area contributed by atoms with Crippen LogP contribution in [0.15, 0.2) is 0 Å². The highest BCUT2D eigenvalue weighted by Gasteiger charge is 2.39. The van der Waals surface area contributed by atoms with Crippen molar-refractivity contribution in [2.75, 3.05) is 0 Å². The third kappa shape index (κ3) is 13.3. The molecular weight excluding hydrogens is 348 g/mol. The average molecular weight is 387 g/mol. The number of hydrogen-bond acceptors (Lipinski definition) is 3. The van der Waals surface area contributed by atoms with Gasteiger partial charge in [-0.3, -0.25) is 14.4 Å². The Bertz CT molecular complexity index is 407. The Kier molecular flexibility index (Phi) is 15.6. The Morgan fingerprint density at radius 3 is 1.19 bits per heavy atom. The lowest BCUT2D eigenvalue weighted by Crippen LogP contribution is -2.35. The van der Waals surface area contributed by atoms with Gasteiger partial charge in [-0.2, -0.15) is 0 Å². The lowest BCUT2D eigenvalue weighted by molar-refractivity contribution is -0.164. The standard InChI is InChI=1S/C21H38O6/c1-2-3-4-5-6-7-8-9-10-11-12-13-14-15-16-17(19(22)23)18(20(24)25)21(26)27/h17-18H,2-16H2,1H3,(H,22,23)(H,24,25)(H,26,27). The van der Waals surface area contributed by atoms with Crippen LogP contribution in [0.1, 0.15) is 103 Å². The van der Waals surface area contributed by atoms with Gasteiger partial charge in [0.1, 0.15) is 0 Å². The predicted octanol–water partition coefficient (Wildman–Crippen LogP) is 5.34. The summed E-state index contributed by atoms with van der Waals surface area (Å²) in [5.41, 5.74) is 0. The molecule has 6 nitrogen and oxygen atoms in total. The summed E-state index contributed by atoms with van der Waals surface area (Å²) in [6.45, 7) is 2.23. The van der Waals surface area contributed by atoms with Crippen LogP contribution in [0.4, 0.5) is 0 Å². The van der Waals surface area contributed by atoms with Gasteiger partial charge in [0, 0.05) is 0 Å². The Morgan fingerprint density at radius 2 is 0.889 bits per heavy atom. The second-order valence-electron chi connectivity index (χ2n) is 7.48. The molecular formula is C21H38O6. The Hall–Kier alpha value is -1.59. The molecule has 0 aromatic heterocycles. The first-order valence-electron chi connectivity index (χ1n) is 10.6. The van der Waals surface area contributed by atoms with E-state index in [9.17, 15) is 14.4 Å². The van der Waals surface area contributed by atoms with E-state index in [0.717, 1.165) is 19.3 Å². The summed E-state index contributed by atoms with van der Waals surface area (Å²) in [5, 5.41) is 27.0. The summed E-state index contributed by atoms with van der Waals surface area (Å²) in [4.78, 5) is 33.2. The van der Waals surface area contributed by atoms with Gasteiger partial charge in [-0.15, -0.1) is 0 Å². The van der Waals surface area contributed by atoms with E-state index in [0.29, 0.717) is 6.42 Å². The molecule has 1 unspecified atom stereocenters. The minimum atomic E-state index is -1.87. The van der Waals surface area contributed by atoms with Gasteiger partial charge in [0.25, 0.3) is 0 Å². The van der Waals surface area contributed by atoms with Gasteiger partial charge in [0.15, 0.2) is 5.92 Å². The van der Waals surface area contributed by atoms with Crippen LogP contribution in [0, 0.1) is 11.8 Å². The first kappa shape index (κ1) is 25.4. The summed E-state index contributed by atoms with van der Waals surface area (Å²) < 4.78 is 0. The van der Waals surface area contributed by atoms with Gasteiger partial charge in [0.2, 0.25) is 0 Å². The van der Waals surface area contributed by atoms with E-state index in [-0.39, 0.29) is 6.42 Å². The highest BCUT2D eigenvalue weighted by Crippen LogP contribution is 2.22. The third-order valence-corrected chi connectivity index (χ3v) is 5.12. The van der Waals surface area contributed by atoms with E-state index in [1.807, 2.05) is 0 Å². The fraction of sp³-hybridized carbons (Fsp3) is 0.857. The predicted molar refractivity (Wildman–Crippen MR) is 105 cm³/mol. The molecule has 0 aromatic carbocycles. The molecule has 0 bridgehead atoms. The zero-order chi connectivity index (χ0) is 20.5. The van der Waals surface area contributed by atoms with Gasteiger partial charge < -0.3 is 15.3 Å². The van der Waals surface area contributed by atoms with Gasteiger partial charge in [-0.05, 0) is 6.42 Å². The van der Waals surface area contributed by atoms with E-state index in [2.05, 4.69) is 6.92 Å². The molecule has 0 radical (unpaired) electrons. The van der Waals surface area contributed by atoms with Crippen LogP contribution in [0.2, 0.25) is 0 Å². The quantitative estimate of drug-likeness (QED) is 0.204. The SMILES string of the molecule is CCCCCCCCCCCCCCCCC(C(=O)O)C(C(=O)O)C(=O)O. The van der Waals surface area contributed by atoms with Crippen LogP contribution < -0.4 is 0 Å². The average Bonchev–Trinajstić information content (AvgIpc) is 2.60. The molecule has 0 fully saturated rings. The normalized spacial score (nSPS) is 12.2. The van der Waals surface area contributed by atoms with Crippen LogP contribution in [-0.2, 0) is 14.4 Å². The van der Waals surface area contributed by atoms with Gasteiger partial charge in [-0.1, -0.05) is 96.8 Å². The number of aliphatic carboxylic acids is 3. The molecule has 158 valence electrons. The van der Waals surface area contributed by atoms with Crippen molar-refractivity contribution < 1.29 is 29.7 Å². The Labute approximate surface area is 163 Å². The Balaban J connectivity index is 3.68. The lowest BCUT2D eigenvalue weighted by atomic mass is 9.87. The molecule has 0 aliphatic heterocycles. The second-order valence-corrected chi connectivity index (χ2v) is 7.48. The molecule has 3 N–H and O–H groups in total. The number of carboxylic acids is 3. The van der Waals surface area contributed by atoms with Crippen molar-refractivity contribution in [2.45, 2.75) is 103 Å². The minimum absolute atomic E-state index is 0.0939. The van der Waals surface area contributed by atoms with Gasteiger partial charge in [-0.25, -0.2) is 0 Å². The molecule has 0 spiro atoms. The molecule has 1 atom stereocenters. The van der Waals surface area contributed by atoms with Gasteiger partial charge in [0.05, 0.1) is 5.92 Å². The summed E-state index contributed by atoms with van der Waals surface area (Å²) in [7, 11) is 0. The summed E-state index contributed by atoms with van der Waals surface area (Å²) in [6.07, 6.45) is 16.5. The fourth-order valence-corrected chi connectivity index (χ4v) is 3.44. The molecule has 0 saturated heterocycles. The largest absolute Gasteiger partial charge is 0.481 e. The number of unbranched alkanes of at least 4 members (excludes halogenated alkanes) is 13. The van der Waals surface area contributed by atoms with E-state index < -0.39 is 29.7 Å². The molecule has 0 rings (SSSR count). The number of rotatable bonds is 19. The van der Waals surface area contributed by atoms with E-state index in [1.54, 1.807) is 0 Å². The molecule has 0 saturated carbocycles. The van der Waals surface area contributed by atoms with Crippen molar-refractivity contribution in [1.29, 1.82) is 0 Å². The molecule has 0 aliphatic carbocycles. The molecule has 27 heavy (non-hydrogen) atoms. The Morgan fingerprint density at radius 1 is 0.556 bits per heavy atom. The summed E-state index contributed by atoms with van der Waals surface area (Å²) >= 11 is 0. The molecule has 0 amide bonds. The van der Waals surface area contributed by atoms with Crippen LogP contribution in [0.3, 0.4) is 0 Å².